The summed E-state index contributed by atoms with van der Waals surface area (Å²) in [5, 5.41) is 0. The van der Waals surface area contributed by atoms with Gasteiger partial charge in [0.25, 0.3) is 10.0 Å². The van der Waals surface area contributed by atoms with E-state index in [1.807, 2.05) is 6.92 Å². The highest BCUT2D eigenvalue weighted by Gasteiger charge is 2.28. The Morgan fingerprint density at radius 2 is 1.67 bits per heavy atom. The summed E-state index contributed by atoms with van der Waals surface area (Å²) < 4.78 is 37.9. The maximum atomic E-state index is 13.1. The predicted octanol–water partition coefficient (Wildman–Crippen LogP) is 3.62. The first-order chi connectivity index (χ1) is 12.8. The van der Waals surface area contributed by atoms with Gasteiger partial charge in [0.1, 0.15) is 12.3 Å². The van der Waals surface area contributed by atoms with E-state index >= 15 is 0 Å². The third-order valence-electron chi connectivity index (χ3n) is 3.57. The fourth-order valence-corrected chi connectivity index (χ4v) is 3.81. The first-order valence-corrected chi connectivity index (χ1v) is 10.3. The van der Waals surface area contributed by atoms with Gasteiger partial charge >= 0.3 is 5.97 Å². The van der Waals surface area contributed by atoms with Gasteiger partial charge in [-0.3, -0.25) is 9.10 Å². The summed E-state index contributed by atoms with van der Waals surface area (Å²) in [4.78, 5) is 12.3. The van der Waals surface area contributed by atoms with Crippen LogP contribution in [0.1, 0.15) is 27.2 Å². The second-order valence-electron chi connectivity index (χ2n) is 6.21. The highest BCUT2D eigenvalue weighted by atomic mass is 32.2. The molecule has 0 N–H and O–H groups in total. The van der Waals surface area contributed by atoms with Crippen molar-refractivity contribution in [2.24, 2.45) is 0 Å². The second-order valence-corrected chi connectivity index (χ2v) is 8.07. The lowest BCUT2D eigenvalue weighted by Crippen LogP contribution is -2.37. The number of hydrogen-bond acceptors (Lipinski definition) is 5. The van der Waals surface area contributed by atoms with Crippen LogP contribution in [0.3, 0.4) is 0 Å². The van der Waals surface area contributed by atoms with Crippen LogP contribution in [0.2, 0.25) is 0 Å². The van der Waals surface area contributed by atoms with E-state index in [-0.39, 0.29) is 11.0 Å². The fraction of sp³-hybridized carbons (Fsp3) is 0.350. The number of carbonyl (C=O) groups is 1. The zero-order chi connectivity index (χ0) is 19.9. The summed E-state index contributed by atoms with van der Waals surface area (Å²) in [6, 6.07) is 14.6. The maximum Gasteiger partial charge on any atom is 0.327 e. The molecule has 2 rings (SSSR count). The van der Waals surface area contributed by atoms with E-state index in [0.717, 1.165) is 10.7 Å². The van der Waals surface area contributed by atoms with Crippen LogP contribution in [-0.2, 0) is 19.6 Å². The average Bonchev–Trinajstić information content (AvgIpc) is 2.65. The van der Waals surface area contributed by atoms with Crippen LogP contribution in [0.15, 0.2) is 59.5 Å². The molecule has 0 fully saturated rings. The normalized spacial score (nSPS) is 11.3. The summed E-state index contributed by atoms with van der Waals surface area (Å²) in [5.74, 6) is 0.0261. The molecule has 27 heavy (non-hydrogen) atoms. The minimum absolute atomic E-state index is 0.105. The number of carbonyl (C=O) groups excluding carboxylic acids is 1. The van der Waals surface area contributed by atoms with Crippen molar-refractivity contribution in [1.82, 2.24) is 0 Å². The maximum absolute atomic E-state index is 13.1. The third kappa shape index (κ3) is 5.72. The standard InChI is InChI=1S/C20H25NO5S/c1-4-14-25-18-12-10-17(11-13-18)21(15-20(22)26-16(2)3)27(23,24)19-8-6-5-7-9-19/h5-13,16H,4,14-15H2,1-3H3. The van der Waals surface area contributed by atoms with Crippen LogP contribution in [0.25, 0.3) is 0 Å². The van der Waals surface area contributed by atoms with Crippen molar-refractivity contribution in [3.8, 4) is 5.75 Å². The van der Waals surface area contributed by atoms with Gasteiger partial charge in [-0.25, -0.2) is 8.42 Å². The van der Waals surface area contributed by atoms with E-state index in [2.05, 4.69) is 0 Å². The molecule has 0 heterocycles. The molecule has 0 atom stereocenters. The zero-order valence-electron chi connectivity index (χ0n) is 15.8. The predicted molar refractivity (Wildman–Crippen MR) is 104 cm³/mol. The molecule has 2 aromatic carbocycles. The Labute approximate surface area is 160 Å². The number of anilines is 1. The summed E-state index contributed by atoms with van der Waals surface area (Å²) in [6.07, 6.45) is 0.542. The van der Waals surface area contributed by atoms with Crippen molar-refractivity contribution in [1.29, 1.82) is 0 Å². The van der Waals surface area contributed by atoms with E-state index in [0.29, 0.717) is 18.0 Å². The Morgan fingerprint density at radius 3 is 2.22 bits per heavy atom. The van der Waals surface area contributed by atoms with Gasteiger partial charge in [0, 0.05) is 0 Å². The molecule has 0 saturated carbocycles. The van der Waals surface area contributed by atoms with E-state index in [1.54, 1.807) is 56.3 Å². The molecule has 6 nitrogen and oxygen atoms in total. The van der Waals surface area contributed by atoms with E-state index < -0.39 is 22.5 Å². The molecule has 0 aliphatic heterocycles. The summed E-state index contributed by atoms with van der Waals surface area (Å²) in [6.45, 7) is 5.60. The molecule has 0 aromatic heterocycles. The quantitative estimate of drug-likeness (QED) is 0.611. The van der Waals surface area contributed by atoms with Gasteiger partial charge in [0.2, 0.25) is 0 Å². The highest BCUT2D eigenvalue weighted by Crippen LogP contribution is 2.26. The van der Waals surface area contributed by atoms with Crippen LogP contribution in [0.5, 0.6) is 5.75 Å². The number of benzene rings is 2. The van der Waals surface area contributed by atoms with Gasteiger partial charge in [-0.2, -0.15) is 0 Å². The van der Waals surface area contributed by atoms with E-state index in [1.165, 1.54) is 12.1 Å². The average molecular weight is 391 g/mol. The third-order valence-corrected chi connectivity index (χ3v) is 5.36. The summed E-state index contributed by atoms with van der Waals surface area (Å²) in [5.41, 5.74) is 0.364. The van der Waals surface area contributed by atoms with Crippen molar-refractivity contribution in [3.05, 3.63) is 54.6 Å². The van der Waals surface area contributed by atoms with Crippen molar-refractivity contribution in [2.75, 3.05) is 17.5 Å². The van der Waals surface area contributed by atoms with Crippen molar-refractivity contribution >= 4 is 21.7 Å². The minimum Gasteiger partial charge on any atom is -0.494 e. The van der Waals surface area contributed by atoms with Crippen LogP contribution in [0, 0.1) is 0 Å². The molecule has 2 aromatic rings. The lowest BCUT2D eigenvalue weighted by molar-refractivity contribution is -0.145. The molecule has 0 radical (unpaired) electrons. The molecule has 7 heteroatoms. The van der Waals surface area contributed by atoms with Gasteiger partial charge in [-0.15, -0.1) is 0 Å². The van der Waals surface area contributed by atoms with Crippen molar-refractivity contribution < 1.29 is 22.7 Å². The molecule has 0 unspecified atom stereocenters. The lowest BCUT2D eigenvalue weighted by Gasteiger charge is -2.24. The Morgan fingerprint density at radius 1 is 1.04 bits per heavy atom. The molecule has 0 saturated heterocycles. The first-order valence-electron chi connectivity index (χ1n) is 8.84. The Bertz CT molecular complexity index is 832. The smallest absolute Gasteiger partial charge is 0.327 e. The molecule has 0 bridgehead atoms. The zero-order valence-corrected chi connectivity index (χ0v) is 16.6. The molecule has 0 aliphatic carbocycles. The van der Waals surface area contributed by atoms with E-state index in [9.17, 15) is 13.2 Å². The SMILES string of the molecule is CCCOc1ccc(N(CC(=O)OC(C)C)S(=O)(=O)c2ccccc2)cc1. The van der Waals surface area contributed by atoms with Crippen molar-refractivity contribution in [3.63, 3.8) is 0 Å². The Balaban J connectivity index is 2.36. The van der Waals surface area contributed by atoms with E-state index in [4.69, 9.17) is 9.47 Å². The Hall–Kier alpha value is -2.54. The van der Waals surface area contributed by atoms with Gasteiger partial charge in [0.05, 0.1) is 23.3 Å². The minimum atomic E-state index is -3.92. The van der Waals surface area contributed by atoms with Crippen LogP contribution >= 0.6 is 0 Å². The highest BCUT2D eigenvalue weighted by molar-refractivity contribution is 7.92. The largest absolute Gasteiger partial charge is 0.494 e. The number of nitrogens with zero attached hydrogens (tertiary/aromatic N) is 1. The molecule has 0 spiro atoms. The summed E-state index contributed by atoms with van der Waals surface area (Å²) in [7, 11) is -3.92. The molecular formula is C20H25NO5S. The first kappa shape index (κ1) is 20.8. The van der Waals surface area contributed by atoms with Gasteiger partial charge in [-0.1, -0.05) is 25.1 Å². The van der Waals surface area contributed by atoms with Crippen LogP contribution < -0.4 is 9.04 Å². The summed E-state index contributed by atoms with van der Waals surface area (Å²) >= 11 is 0. The molecular weight excluding hydrogens is 366 g/mol. The lowest BCUT2D eigenvalue weighted by atomic mass is 10.3. The van der Waals surface area contributed by atoms with Gasteiger partial charge in [-0.05, 0) is 56.7 Å². The number of rotatable bonds is 9. The topological polar surface area (TPSA) is 72.9 Å². The van der Waals surface area contributed by atoms with Gasteiger partial charge < -0.3 is 9.47 Å². The number of hydrogen-bond donors (Lipinski definition) is 0. The monoisotopic (exact) mass is 391 g/mol. The molecule has 0 aliphatic rings. The second kappa shape index (κ2) is 9.41. The molecule has 146 valence electrons. The van der Waals surface area contributed by atoms with Crippen molar-refractivity contribution in [2.45, 2.75) is 38.2 Å². The number of esters is 1. The number of sulfonamides is 1. The van der Waals surface area contributed by atoms with Crippen LogP contribution in [0.4, 0.5) is 5.69 Å². The Kier molecular flexibility index (Phi) is 7.24. The van der Waals surface area contributed by atoms with Gasteiger partial charge in [0.15, 0.2) is 0 Å². The van der Waals surface area contributed by atoms with Crippen LogP contribution in [-0.4, -0.2) is 33.6 Å². The number of ether oxygens (including phenoxy) is 2. The fourth-order valence-electron chi connectivity index (χ4n) is 2.38. The molecule has 0 amide bonds.